The second-order valence-corrected chi connectivity index (χ2v) is 5.74. The number of hydrogen-bond acceptors (Lipinski definition) is 7. The van der Waals surface area contributed by atoms with Crippen LogP contribution in [0.1, 0.15) is 0 Å². The van der Waals surface area contributed by atoms with E-state index in [1.807, 2.05) is 0 Å². The SMILES string of the molecule is O=S(=O)([O-])CC[N-]CC(O)CS(=O)(=O)[O-].[Na+].[Na+].[Na+]. The quantitative estimate of drug-likeness (QED) is 0.277. The van der Waals surface area contributed by atoms with Gasteiger partial charge in [0.05, 0.1) is 26.0 Å². The minimum absolute atomic E-state index is 0. The molecule has 0 rings (SSSR count). The molecular weight excluding hydrogens is 319 g/mol. The molecule has 0 saturated carbocycles. The molecule has 0 heterocycles. The first-order chi connectivity index (χ1) is 6.60. The molecule has 0 saturated heterocycles. The van der Waals surface area contributed by atoms with Gasteiger partial charge in [0.15, 0.2) is 0 Å². The minimum atomic E-state index is -4.53. The van der Waals surface area contributed by atoms with Crippen LogP contribution in [0.5, 0.6) is 0 Å². The Morgan fingerprint density at radius 3 is 1.78 bits per heavy atom. The van der Waals surface area contributed by atoms with Gasteiger partial charge in [0, 0.05) is 11.9 Å². The first-order valence-electron chi connectivity index (χ1n) is 3.78. The summed E-state index contributed by atoms with van der Waals surface area (Å²) < 4.78 is 60.6. The van der Waals surface area contributed by atoms with Crippen LogP contribution in [0.15, 0.2) is 0 Å². The van der Waals surface area contributed by atoms with Gasteiger partial charge in [-0.15, -0.1) is 13.1 Å². The van der Waals surface area contributed by atoms with Crippen LogP contribution in [0.2, 0.25) is 0 Å². The van der Waals surface area contributed by atoms with Crippen molar-refractivity contribution in [3.63, 3.8) is 0 Å². The summed E-state index contributed by atoms with van der Waals surface area (Å²) in [5.41, 5.74) is 0. The Hall–Kier alpha value is 2.74. The third-order valence-corrected chi connectivity index (χ3v) is 2.71. The molecule has 1 unspecified atom stereocenters. The summed E-state index contributed by atoms with van der Waals surface area (Å²) in [5.74, 6) is -1.70. The maximum atomic E-state index is 10.1. The smallest absolute Gasteiger partial charge is 0.748 e. The number of aliphatic hydroxyl groups excluding tert-OH is 1. The monoisotopic (exact) mass is 329 g/mol. The zero-order chi connectivity index (χ0) is 12.1. The fourth-order valence-electron chi connectivity index (χ4n) is 0.705. The molecule has 0 aromatic carbocycles. The molecule has 0 bridgehead atoms. The van der Waals surface area contributed by atoms with Gasteiger partial charge in [0.2, 0.25) is 0 Å². The van der Waals surface area contributed by atoms with E-state index >= 15 is 0 Å². The van der Waals surface area contributed by atoms with E-state index < -0.39 is 44.4 Å². The van der Waals surface area contributed by atoms with Crippen molar-refractivity contribution >= 4 is 20.2 Å². The van der Waals surface area contributed by atoms with Crippen LogP contribution in [0.4, 0.5) is 0 Å². The van der Waals surface area contributed by atoms with Gasteiger partial charge in [-0.3, -0.25) is 0 Å². The van der Waals surface area contributed by atoms with Crippen molar-refractivity contribution in [2.75, 3.05) is 24.6 Å². The number of rotatable bonds is 7. The minimum Gasteiger partial charge on any atom is -0.748 e. The van der Waals surface area contributed by atoms with Gasteiger partial charge < -0.3 is 19.5 Å². The fraction of sp³-hybridized carbons (Fsp3) is 1.00. The van der Waals surface area contributed by atoms with Gasteiger partial charge >= 0.3 is 88.7 Å². The summed E-state index contributed by atoms with van der Waals surface area (Å²) in [6.07, 6.45) is -1.47. The Morgan fingerprint density at radius 2 is 1.44 bits per heavy atom. The van der Waals surface area contributed by atoms with Crippen molar-refractivity contribution in [1.29, 1.82) is 0 Å². The molecule has 0 aliphatic carbocycles. The largest absolute Gasteiger partial charge is 1.00 e. The topological polar surface area (TPSA) is 149 Å². The van der Waals surface area contributed by atoms with Crippen LogP contribution in [-0.2, 0) is 20.2 Å². The molecular formula is C5H10NNa3O7S2. The molecule has 0 aliphatic heterocycles. The van der Waals surface area contributed by atoms with Gasteiger partial charge in [-0.05, 0) is 0 Å². The Labute approximate surface area is 173 Å². The summed E-state index contributed by atoms with van der Waals surface area (Å²) in [6, 6.07) is 0. The van der Waals surface area contributed by atoms with Gasteiger partial charge in [0.25, 0.3) is 0 Å². The van der Waals surface area contributed by atoms with Gasteiger partial charge in [-0.1, -0.05) is 0 Å². The second-order valence-electron chi connectivity index (χ2n) is 2.77. The molecule has 0 aliphatic rings. The average Bonchev–Trinajstić information content (AvgIpc) is 1.92. The van der Waals surface area contributed by atoms with E-state index in [-0.39, 0.29) is 95.2 Å². The first kappa shape index (κ1) is 28.8. The van der Waals surface area contributed by atoms with Crippen molar-refractivity contribution in [1.82, 2.24) is 0 Å². The van der Waals surface area contributed by atoms with Crippen molar-refractivity contribution in [3.05, 3.63) is 5.32 Å². The number of hydrogen-bond donors (Lipinski definition) is 1. The average molecular weight is 329 g/mol. The van der Waals surface area contributed by atoms with E-state index in [1.165, 1.54) is 0 Å². The summed E-state index contributed by atoms with van der Waals surface area (Å²) in [5, 5.41) is 12.3. The zero-order valence-corrected chi connectivity index (χ0v) is 18.2. The van der Waals surface area contributed by atoms with Crippen molar-refractivity contribution in [3.8, 4) is 0 Å². The van der Waals surface area contributed by atoms with E-state index in [2.05, 4.69) is 5.32 Å². The third-order valence-electron chi connectivity index (χ3n) is 1.24. The van der Waals surface area contributed by atoms with Crippen LogP contribution in [0.25, 0.3) is 5.32 Å². The van der Waals surface area contributed by atoms with E-state index in [0.29, 0.717) is 0 Å². The Bertz CT molecular complexity index is 384. The zero-order valence-electron chi connectivity index (χ0n) is 10.6. The maximum Gasteiger partial charge on any atom is 1.00 e. The van der Waals surface area contributed by atoms with Gasteiger partial charge in [0.1, 0.15) is 0 Å². The molecule has 18 heavy (non-hydrogen) atoms. The predicted molar refractivity (Wildman–Crippen MR) is 48.2 cm³/mol. The summed E-state index contributed by atoms with van der Waals surface area (Å²) in [7, 11) is -8.89. The van der Waals surface area contributed by atoms with Crippen molar-refractivity contribution < 1.29 is 120 Å². The molecule has 1 atom stereocenters. The Morgan fingerprint density at radius 1 is 1.00 bits per heavy atom. The van der Waals surface area contributed by atoms with Gasteiger partial charge in [-0.25, -0.2) is 16.8 Å². The van der Waals surface area contributed by atoms with Crippen LogP contribution >= 0.6 is 0 Å². The molecule has 13 heteroatoms. The normalized spacial score (nSPS) is 12.6. The van der Waals surface area contributed by atoms with Crippen LogP contribution in [0.3, 0.4) is 0 Å². The molecule has 0 radical (unpaired) electrons. The molecule has 0 aromatic rings. The van der Waals surface area contributed by atoms with E-state index in [0.717, 1.165) is 0 Å². The van der Waals surface area contributed by atoms with Crippen LogP contribution in [-0.4, -0.2) is 61.7 Å². The van der Waals surface area contributed by atoms with Gasteiger partial charge in [-0.2, -0.15) is 0 Å². The van der Waals surface area contributed by atoms with E-state index in [9.17, 15) is 25.9 Å². The summed E-state index contributed by atoms with van der Waals surface area (Å²) in [6.45, 7) is -0.723. The molecule has 1 N–H and O–H groups in total. The summed E-state index contributed by atoms with van der Waals surface area (Å²) >= 11 is 0. The second kappa shape index (κ2) is 13.4. The Balaban J connectivity index is -0.000000327. The number of nitrogens with zero attached hydrogens (tertiary/aromatic N) is 1. The van der Waals surface area contributed by atoms with Crippen LogP contribution < -0.4 is 88.7 Å². The molecule has 0 aromatic heterocycles. The van der Waals surface area contributed by atoms with Crippen molar-refractivity contribution in [2.24, 2.45) is 0 Å². The van der Waals surface area contributed by atoms with Crippen LogP contribution in [0, 0.1) is 0 Å². The molecule has 0 amide bonds. The maximum absolute atomic E-state index is 10.1. The molecule has 8 nitrogen and oxygen atoms in total. The third kappa shape index (κ3) is 23.8. The van der Waals surface area contributed by atoms with E-state index in [1.54, 1.807) is 0 Å². The Kier molecular flexibility index (Phi) is 21.5. The van der Waals surface area contributed by atoms with Crippen molar-refractivity contribution in [2.45, 2.75) is 6.10 Å². The molecule has 0 fully saturated rings. The fourth-order valence-corrected chi connectivity index (χ4v) is 1.63. The summed E-state index contributed by atoms with van der Waals surface area (Å²) in [4.78, 5) is 0. The molecule has 0 spiro atoms. The van der Waals surface area contributed by atoms with E-state index in [4.69, 9.17) is 5.11 Å². The number of aliphatic hydroxyl groups is 1. The first-order valence-corrected chi connectivity index (χ1v) is 6.94. The molecule has 92 valence electrons. The predicted octanol–water partition coefficient (Wildman–Crippen LogP) is -11.2. The standard InChI is InChI=1S/C5H12NO7S2.3Na/c7-5(4-15(11,12)13)3-6-1-2-14(8,9)10;;;/h5,7H,1-4H2,(H,8,9,10)(H,11,12,13);;;/q-1;3*+1/p-2.